The van der Waals surface area contributed by atoms with E-state index in [1.807, 2.05) is 42.3 Å². The van der Waals surface area contributed by atoms with Gasteiger partial charge in [-0.15, -0.1) is 0 Å². The predicted molar refractivity (Wildman–Crippen MR) is 66.0 cm³/mol. The summed E-state index contributed by atoms with van der Waals surface area (Å²) in [6, 6.07) is 9.82. The number of likely N-dealkylation sites (N-methyl/N-ethyl adjacent to an activating group) is 1. The SMILES string of the molecule is CC(=O)CC(=O)OCCN(C)c1ccccc1. The largest absolute Gasteiger partial charge is 0.463 e. The number of carbonyl (C=O) groups is 2. The van der Waals surface area contributed by atoms with E-state index >= 15 is 0 Å². The number of ether oxygens (including phenoxy) is 1. The Labute approximate surface area is 101 Å². The number of Topliss-reactive ketones (excluding diaryl/α,β-unsaturated/α-hetero) is 1. The van der Waals surface area contributed by atoms with E-state index in [-0.39, 0.29) is 18.8 Å². The second-order valence-electron chi connectivity index (χ2n) is 3.86. The fourth-order valence-electron chi connectivity index (χ4n) is 1.36. The molecule has 0 aliphatic carbocycles. The summed E-state index contributed by atoms with van der Waals surface area (Å²) in [5, 5.41) is 0. The highest BCUT2D eigenvalue weighted by atomic mass is 16.5. The number of para-hydroxylation sites is 1. The van der Waals surface area contributed by atoms with Gasteiger partial charge in [-0.05, 0) is 19.1 Å². The lowest BCUT2D eigenvalue weighted by Crippen LogP contribution is -2.24. The molecule has 4 nitrogen and oxygen atoms in total. The zero-order valence-corrected chi connectivity index (χ0v) is 10.2. The third-order valence-electron chi connectivity index (χ3n) is 2.28. The number of rotatable bonds is 6. The molecule has 1 aromatic carbocycles. The Kier molecular flexibility index (Phi) is 5.20. The van der Waals surface area contributed by atoms with E-state index in [4.69, 9.17) is 4.74 Å². The summed E-state index contributed by atoms with van der Waals surface area (Å²) in [4.78, 5) is 23.8. The number of ketones is 1. The third kappa shape index (κ3) is 5.15. The van der Waals surface area contributed by atoms with Crippen LogP contribution in [-0.2, 0) is 14.3 Å². The first kappa shape index (κ1) is 13.2. The molecule has 1 aromatic rings. The molecule has 4 heteroatoms. The molecule has 0 saturated heterocycles. The zero-order valence-electron chi connectivity index (χ0n) is 10.2. The average Bonchev–Trinajstić information content (AvgIpc) is 2.29. The van der Waals surface area contributed by atoms with E-state index in [1.165, 1.54) is 6.92 Å². The van der Waals surface area contributed by atoms with Gasteiger partial charge in [0, 0.05) is 12.7 Å². The second-order valence-corrected chi connectivity index (χ2v) is 3.86. The molecular formula is C13H17NO3. The Balaban J connectivity index is 2.27. The van der Waals surface area contributed by atoms with E-state index in [0.717, 1.165) is 5.69 Å². The van der Waals surface area contributed by atoms with Gasteiger partial charge < -0.3 is 9.64 Å². The average molecular weight is 235 g/mol. The number of anilines is 1. The first-order valence-electron chi connectivity index (χ1n) is 5.51. The van der Waals surface area contributed by atoms with Crippen LogP contribution >= 0.6 is 0 Å². The third-order valence-corrected chi connectivity index (χ3v) is 2.28. The summed E-state index contributed by atoms with van der Waals surface area (Å²) in [5.41, 5.74) is 1.06. The molecule has 1 rings (SSSR count). The van der Waals surface area contributed by atoms with Crippen molar-refractivity contribution < 1.29 is 14.3 Å². The molecule has 0 fully saturated rings. The highest BCUT2D eigenvalue weighted by molar-refractivity contribution is 5.94. The maximum absolute atomic E-state index is 11.1. The molecule has 0 heterocycles. The Morgan fingerprint density at radius 1 is 1.24 bits per heavy atom. The highest BCUT2D eigenvalue weighted by Crippen LogP contribution is 2.10. The van der Waals surface area contributed by atoms with Crippen LogP contribution in [0.3, 0.4) is 0 Å². The molecule has 0 aromatic heterocycles. The van der Waals surface area contributed by atoms with Crippen molar-refractivity contribution in [1.29, 1.82) is 0 Å². The smallest absolute Gasteiger partial charge is 0.313 e. The number of hydrogen-bond donors (Lipinski definition) is 0. The van der Waals surface area contributed by atoms with E-state index in [1.54, 1.807) is 0 Å². The minimum Gasteiger partial charge on any atom is -0.463 e. The van der Waals surface area contributed by atoms with Crippen LogP contribution < -0.4 is 4.90 Å². The molecule has 17 heavy (non-hydrogen) atoms. The summed E-state index contributed by atoms with van der Waals surface area (Å²) >= 11 is 0. The molecule has 92 valence electrons. The van der Waals surface area contributed by atoms with Gasteiger partial charge in [0.15, 0.2) is 0 Å². The van der Waals surface area contributed by atoms with Crippen molar-refractivity contribution in [2.75, 3.05) is 25.1 Å². The minimum atomic E-state index is -0.459. The standard InChI is InChI=1S/C13H17NO3/c1-11(15)10-13(16)17-9-8-14(2)12-6-4-3-5-7-12/h3-7H,8-10H2,1-2H3. The van der Waals surface area contributed by atoms with Crippen LogP contribution in [0.2, 0.25) is 0 Å². The maximum atomic E-state index is 11.1. The van der Waals surface area contributed by atoms with Crippen LogP contribution in [0, 0.1) is 0 Å². The molecule has 0 N–H and O–H groups in total. The zero-order chi connectivity index (χ0) is 12.7. The fraction of sp³-hybridized carbons (Fsp3) is 0.385. The Bertz CT molecular complexity index is 376. The molecule has 0 aliphatic heterocycles. The van der Waals surface area contributed by atoms with Crippen LogP contribution in [0.1, 0.15) is 13.3 Å². The molecule has 0 saturated carbocycles. The Morgan fingerprint density at radius 2 is 1.88 bits per heavy atom. The lowest BCUT2D eigenvalue weighted by Gasteiger charge is -2.18. The Morgan fingerprint density at radius 3 is 2.47 bits per heavy atom. The van der Waals surface area contributed by atoms with Gasteiger partial charge in [0.2, 0.25) is 0 Å². The van der Waals surface area contributed by atoms with E-state index in [9.17, 15) is 9.59 Å². The minimum absolute atomic E-state index is 0.144. The van der Waals surface area contributed by atoms with E-state index in [2.05, 4.69) is 0 Å². The number of esters is 1. The fourth-order valence-corrected chi connectivity index (χ4v) is 1.36. The first-order chi connectivity index (χ1) is 8.09. The van der Waals surface area contributed by atoms with Crippen LogP contribution in [0.5, 0.6) is 0 Å². The van der Waals surface area contributed by atoms with Crippen molar-refractivity contribution in [2.24, 2.45) is 0 Å². The van der Waals surface area contributed by atoms with Crippen molar-refractivity contribution in [3.05, 3.63) is 30.3 Å². The molecule has 0 spiro atoms. The number of carbonyl (C=O) groups excluding carboxylic acids is 2. The van der Waals surface area contributed by atoms with Crippen LogP contribution in [0.4, 0.5) is 5.69 Å². The molecular weight excluding hydrogens is 218 g/mol. The molecule has 0 amide bonds. The van der Waals surface area contributed by atoms with Gasteiger partial charge in [-0.2, -0.15) is 0 Å². The van der Waals surface area contributed by atoms with Gasteiger partial charge in [-0.1, -0.05) is 18.2 Å². The van der Waals surface area contributed by atoms with Crippen molar-refractivity contribution >= 4 is 17.4 Å². The molecule has 0 aliphatic rings. The second kappa shape index (κ2) is 6.68. The summed E-state index contributed by atoms with van der Waals surface area (Å²) < 4.78 is 4.94. The van der Waals surface area contributed by atoms with Crippen LogP contribution in [0.15, 0.2) is 30.3 Å². The van der Waals surface area contributed by atoms with Crippen LogP contribution in [0.25, 0.3) is 0 Å². The quantitative estimate of drug-likeness (QED) is 0.555. The normalized spacial score (nSPS) is 9.76. The van der Waals surface area contributed by atoms with Crippen molar-refractivity contribution in [3.8, 4) is 0 Å². The van der Waals surface area contributed by atoms with Crippen molar-refractivity contribution in [1.82, 2.24) is 0 Å². The van der Waals surface area contributed by atoms with E-state index in [0.29, 0.717) is 6.54 Å². The molecule has 0 unspecified atom stereocenters. The van der Waals surface area contributed by atoms with E-state index < -0.39 is 5.97 Å². The van der Waals surface area contributed by atoms with Gasteiger partial charge in [0.1, 0.15) is 18.8 Å². The summed E-state index contributed by atoms with van der Waals surface area (Å²) in [6.07, 6.45) is -0.144. The number of hydrogen-bond acceptors (Lipinski definition) is 4. The lowest BCUT2D eigenvalue weighted by atomic mass is 10.3. The predicted octanol–water partition coefficient (Wildman–Crippen LogP) is 1.65. The molecule has 0 atom stereocenters. The first-order valence-corrected chi connectivity index (χ1v) is 5.51. The van der Waals surface area contributed by atoms with Gasteiger partial charge >= 0.3 is 5.97 Å². The number of nitrogens with zero attached hydrogens (tertiary/aromatic N) is 1. The topological polar surface area (TPSA) is 46.6 Å². The van der Waals surface area contributed by atoms with Crippen molar-refractivity contribution in [2.45, 2.75) is 13.3 Å². The Hall–Kier alpha value is -1.84. The van der Waals surface area contributed by atoms with Gasteiger partial charge in [-0.25, -0.2) is 0 Å². The molecule has 0 bridgehead atoms. The number of benzene rings is 1. The van der Waals surface area contributed by atoms with Gasteiger partial charge in [-0.3, -0.25) is 9.59 Å². The summed E-state index contributed by atoms with van der Waals surface area (Å²) in [6.45, 7) is 2.27. The molecule has 0 radical (unpaired) electrons. The lowest BCUT2D eigenvalue weighted by molar-refractivity contribution is -0.145. The van der Waals surface area contributed by atoms with Gasteiger partial charge in [0.05, 0.1) is 6.54 Å². The summed E-state index contributed by atoms with van der Waals surface area (Å²) in [5.74, 6) is -0.634. The van der Waals surface area contributed by atoms with Gasteiger partial charge in [0.25, 0.3) is 0 Å². The van der Waals surface area contributed by atoms with Crippen LogP contribution in [-0.4, -0.2) is 32.0 Å². The monoisotopic (exact) mass is 235 g/mol. The summed E-state index contributed by atoms with van der Waals surface area (Å²) in [7, 11) is 1.92. The maximum Gasteiger partial charge on any atom is 0.313 e. The van der Waals surface area contributed by atoms with Crippen molar-refractivity contribution in [3.63, 3.8) is 0 Å². The highest BCUT2D eigenvalue weighted by Gasteiger charge is 2.06.